The van der Waals surface area contributed by atoms with Gasteiger partial charge in [-0.25, -0.2) is 9.97 Å². The molecule has 1 aromatic heterocycles. The van der Waals surface area contributed by atoms with Crippen LogP contribution >= 0.6 is 11.8 Å². The largest absolute Gasteiger partial charge is 0.339 e. The van der Waals surface area contributed by atoms with Crippen molar-refractivity contribution in [3.63, 3.8) is 0 Å². The number of aryl methyl sites for hydroxylation is 3. The van der Waals surface area contributed by atoms with Gasteiger partial charge >= 0.3 is 0 Å². The van der Waals surface area contributed by atoms with Gasteiger partial charge in [-0.1, -0.05) is 36.0 Å². The summed E-state index contributed by atoms with van der Waals surface area (Å²) in [5.74, 6) is 0.578. The quantitative estimate of drug-likeness (QED) is 0.598. The highest BCUT2D eigenvalue weighted by Crippen LogP contribution is 2.16. The van der Waals surface area contributed by atoms with E-state index in [0.29, 0.717) is 10.9 Å². The molecule has 0 N–H and O–H groups in total. The Morgan fingerprint density at radius 2 is 1.69 bits per heavy atom. The topological polar surface area (TPSA) is 49.3 Å². The number of aromatic nitrogens is 2. The van der Waals surface area contributed by atoms with Crippen LogP contribution in [0.2, 0.25) is 0 Å². The van der Waals surface area contributed by atoms with Gasteiger partial charge in [-0.05, 0) is 38.0 Å². The van der Waals surface area contributed by atoms with Crippen molar-refractivity contribution in [2.45, 2.75) is 32.5 Å². The first-order valence-corrected chi connectivity index (χ1v) is 9.99. The van der Waals surface area contributed by atoms with E-state index in [9.17, 15) is 4.79 Å². The Labute approximate surface area is 159 Å². The molecule has 0 unspecified atom stereocenters. The molecule has 0 spiro atoms. The molecule has 2 aromatic rings. The van der Waals surface area contributed by atoms with E-state index >= 15 is 0 Å². The molecule has 3 rings (SSSR count). The number of rotatable bonds is 5. The van der Waals surface area contributed by atoms with Gasteiger partial charge in [-0.15, -0.1) is 0 Å². The molecule has 1 fully saturated rings. The van der Waals surface area contributed by atoms with Crippen molar-refractivity contribution in [2.24, 2.45) is 0 Å². The molecule has 1 aliphatic heterocycles. The van der Waals surface area contributed by atoms with E-state index in [1.54, 1.807) is 0 Å². The first-order chi connectivity index (χ1) is 12.5. The minimum atomic E-state index is 0.174. The zero-order valence-corrected chi connectivity index (χ0v) is 16.6. The zero-order valence-electron chi connectivity index (χ0n) is 15.7. The molecule has 6 heteroatoms. The molecule has 2 heterocycles. The van der Waals surface area contributed by atoms with E-state index in [4.69, 9.17) is 0 Å². The smallest absolute Gasteiger partial charge is 0.233 e. The first kappa shape index (κ1) is 18.9. The van der Waals surface area contributed by atoms with Gasteiger partial charge in [-0.2, -0.15) is 0 Å². The van der Waals surface area contributed by atoms with Gasteiger partial charge in [0.1, 0.15) is 0 Å². The highest BCUT2D eigenvalue weighted by atomic mass is 32.2. The molecule has 5 nitrogen and oxygen atoms in total. The third-order valence-electron chi connectivity index (χ3n) is 4.67. The molecule has 1 saturated heterocycles. The fraction of sp³-hybridized carbons (Fsp3) is 0.450. The second-order valence-corrected chi connectivity index (χ2v) is 7.75. The second-order valence-electron chi connectivity index (χ2n) is 6.81. The summed E-state index contributed by atoms with van der Waals surface area (Å²) >= 11 is 1.43. The fourth-order valence-corrected chi connectivity index (χ4v) is 4.01. The molecule has 1 aromatic carbocycles. The van der Waals surface area contributed by atoms with Crippen LogP contribution in [0.15, 0.2) is 35.5 Å². The van der Waals surface area contributed by atoms with Gasteiger partial charge < -0.3 is 4.90 Å². The zero-order chi connectivity index (χ0) is 18.5. The SMILES string of the molecule is Cc1cc(C)nc(SCC(=O)N2CCN(Cc3ccccc3C)CC2)n1. The average Bonchev–Trinajstić information content (AvgIpc) is 2.61. The lowest BCUT2D eigenvalue weighted by molar-refractivity contribution is -0.130. The Bertz CT molecular complexity index is 752. The third-order valence-corrected chi connectivity index (χ3v) is 5.50. The van der Waals surface area contributed by atoms with Crippen LogP contribution in [0, 0.1) is 20.8 Å². The number of benzene rings is 1. The Morgan fingerprint density at radius 3 is 2.35 bits per heavy atom. The summed E-state index contributed by atoms with van der Waals surface area (Å²) < 4.78 is 0. The number of nitrogens with zero attached hydrogens (tertiary/aromatic N) is 4. The first-order valence-electron chi connectivity index (χ1n) is 9.01. The van der Waals surface area contributed by atoms with Gasteiger partial charge in [-0.3, -0.25) is 9.69 Å². The maximum Gasteiger partial charge on any atom is 0.233 e. The highest BCUT2D eigenvalue weighted by Gasteiger charge is 2.21. The van der Waals surface area contributed by atoms with Crippen molar-refractivity contribution in [3.8, 4) is 0 Å². The van der Waals surface area contributed by atoms with Crippen LogP contribution in [-0.2, 0) is 11.3 Å². The number of hydrogen-bond donors (Lipinski definition) is 0. The lowest BCUT2D eigenvalue weighted by Crippen LogP contribution is -2.48. The van der Waals surface area contributed by atoms with Crippen molar-refractivity contribution in [1.29, 1.82) is 0 Å². The van der Waals surface area contributed by atoms with E-state index in [1.165, 1.54) is 22.9 Å². The number of carbonyl (C=O) groups is 1. The summed E-state index contributed by atoms with van der Waals surface area (Å²) in [6.07, 6.45) is 0. The number of amides is 1. The number of hydrogen-bond acceptors (Lipinski definition) is 5. The molecular weight excluding hydrogens is 344 g/mol. The minimum Gasteiger partial charge on any atom is -0.339 e. The molecule has 138 valence electrons. The summed E-state index contributed by atoms with van der Waals surface area (Å²) in [5, 5.41) is 0.689. The van der Waals surface area contributed by atoms with Crippen LogP contribution in [0.3, 0.4) is 0 Å². The average molecular weight is 371 g/mol. The van der Waals surface area contributed by atoms with Crippen molar-refractivity contribution < 1.29 is 4.79 Å². The molecule has 0 bridgehead atoms. The Balaban J connectivity index is 1.47. The molecular formula is C20H26N4OS. The fourth-order valence-electron chi connectivity index (χ4n) is 3.16. The molecule has 1 amide bonds. The maximum absolute atomic E-state index is 12.5. The molecule has 0 aliphatic carbocycles. The lowest BCUT2D eigenvalue weighted by Gasteiger charge is -2.35. The molecule has 1 aliphatic rings. The van der Waals surface area contributed by atoms with E-state index < -0.39 is 0 Å². The number of piperazine rings is 1. The van der Waals surface area contributed by atoms with Crippen molar-refractivity contribution in [3.05, 3.63) is 52.8 Å². The van der Waals surface area contributed by atoms with Gasteiger partial charge in [0.05, 0.1) is 5.75 Å². The van der Waals surface area contributed by atoms with Crippen LogP contribution in [-0.4, -0.2) is 57.6 Å². The summed E-state index contributed by atoms with van der Waals surface area (Å²) in [7, 11) is 0. The summed E-state index contributed by atoms with van der Waals surface area (Å²) in [6, 6.07) is 10.5. The molecule has 0 atom stereocenters. The van der Waals surface area contributed by atoms with Crippen LogP contribution in [0.4, 0.5) is 0 Å². The van der Waals surface area contributed by atoms with E-state index in [2.05, 4.69) is 46.1 Å². The predicted octanol–water partition coefficient (Wildman–Crippen LogP) is 2.84. The van der Waals surface area contributed by atoms with Gasteiger partial charge in [0.15, 0.2) is 5.16 Å². The summed E-state index contributed by atoms with van der Waals surface area (Å²) in [5.41, 5.74) is 4.58. The predicted molar refractivity (Wildman–Crippen MR) is 105 cm³/mol. The monoisotopic (exact) mass is 370 g/mol. The second kappa shape index (κ2) is 8.64. The number of carbonyl (C=O) groups excluding carboxylic acids is 1. The third kappa shape index (κ3) is 5.05. The Hall–Kier alpha value is -1.92. The van der Waals surface area contributed by atoms with Crippen LogP contribution < -0.4 is 0 Å². The molecule has 0 saturated carbocycles. The van der Waals surface area contributed by atoms with Crippen LogP contribution in [0.1, 0.15) is 22.5 Å². The van der Waals surface area contributed by atoms with E-state index in [-0.39, 0.29) is 5.91 Å². The Kier molecular flexibility index (Phi) is 6.27. The van der Waals surface area contributed by atoms with Crippen molar-refractivity contribution in [2.75, 3.05) is 31.9 Å². The van der Waals surface area contributed by atoms with Crippen molar-refractivity contribution >= 4 is 17.7 Å². The standard InChI is InChI=1S/C20H26N4OS/c1-15-6-4-5-7-18(15)13-23-8-10-24(11-9-23)19(25)14-26-20-21-16(2)12-17(3)22-20/h4-7,12H,8-11,13-14H2,1-3H3. The Morgan fingerprint density at radius 1 is 1.04 bits per heavy atom. The van der Waals surface area contributed by atoms with Crippen LogP contribution in [0.25, 0.3) is 0 Å². The molecule has 26 heavy (non-hydrogen) atoms. The summed E-state index contributed by atoms with van der Waals surface area (Å²) in [6.45, 7) is 10.4. The normalized spacial score (nSPS) is 15.3. The van der Waals surface area contributed by atoms with E-state index in [0.717, 1.165) is 44.1 Å². The highest BCUT2D eigenvalue weighted by molar-refractivity contribution is 7.99. The van der Waals surface area contributed by atoms with Gasteiger partial charge in [0.25, 0.3) is 0 Å². The van der Waals surface area contributed by atoms with Gasteiger partial charge in [0, 0.05) is 44.1 Å². The lowest BCUT2D eigenvalue weighted by atomic mass is 10.1. The van der Waals surface area contributed by atoms with E-state index in [1.807, 2.05) is 24.8 Å². The minimum absolute atomic E-state index is 0.174. The van der Waals surface area contributed by atoms with Crippen molar-refractivity contribution in [1.82, 2.24) is 19.8 Å². The maximum atomic E-state index is 12.5. The van der Waals surface area contributed by atoms with Crippen LogP contribution in [0.5, 0.6) is 0 Å². The molecule has 0 radical (unpaired) electrons. The number of thioether (sulfide) groups is 1. The van der Waals surface area contributed by atoms with Gasteiger partial charge in [0.2, 0.25) is 5.91 Å². The summed E-state index contributed by atoms with van der Waals surface area (Å²) in [4.78, 5) is 25.7.